The van der Waals surface area contributed by atoms with Gasteiger partial charge in [0.2, 0.25) is 0 Å². The average Bonchev–Trinajstić information content (AvgIpc) is 2.24. The third kappa shape index (κ3) is 4.67. The number of halogens is 1. The Labute approximate surface area is 108 Å². The lowest BCUT2D eigenvalue weighted by Gasteiger charge is -2.19. The maximum atomic E-state index is 3.54. The van der Waals surface area contributed by atoms with E-state index in [2.05, 4.69) is 66.3 Å². The molecular weight excluding hydrogens is 262 g/mol. The normalized spacial score (nSPS) is 13.1. The molecule has 0 aromatic heterocycles. The zero-order chi connectivity index (χ0) is 12.0. The molecule has 0 radical (unpaired) electrons. The maximum Gasteiger partial charge on any atom is 0.0178 e. The number of hydrogen-bond acceptors (Lipinski definition) is 1. The predicted molar refractivity (Wildman–Crippen MR) is 74.9 cm³/mol. The van der Waals surface area contributed by atoms with Crippen molar-refractivity contribution in [2.45, 2.75) is 45.6 Å². The number of nitrogens with one attached hydrogen (secondary N) is 1. The van der Waals surface area contributed by atoms with Crippen molar-refractivity contribution in [3.63, 3.8) is 0 Å². The molecule has 1 unspecified atom stereocenters. The van der Waals surface area contributed by atoms with E-state index in [1.165, 1.54) is 22.9 Å². The zero-order valence-electron chi connectivity index (χ0n) is 10.5. The number of hydrogen-bond donors (Lipinski definition) is 1. The summed E-state index contributed by atoms with van der Waals surface area (Å²) in [6, 6.07) is 9.24. The fourth-order valence-corrected chi connectivity index (χ4v) is 2.29. The van der Waals surface area contributed by atoms with Gasteiger partial charge in [-0.15, -0.1) is 0 Å². The van der Waals surface area contributed by atoms with Crippen LogP contribution < -0.4 is 5.32 Å². The fraction of sp³-hybridized carbons (Fsp3) is 0.571. The largest absolute Gasteiger partial charge is 0.314 e. The van der Waals surface area contributed by atoms with Crippen molar-refractivity contribution in [2.24, 2.45) is 0 Å². The van der Waals surface area contributed by atoms with Gasteiger partial charge in [-0.1, -0.05) is 55.3 Å². The van der Waals surface area contributed by atoms with Crippen LogP contribution in [0.4, 0.5) is 0 Å². The second-order valence-electron chi connectivity index (χ2n) is 4.60. The van der Waals surface area contributed by atoms with Crippen molar-refractivity contribution in [2.75, 3.05) is 6.54 Å². The van der Waals surface area contributed by atoms with E-state index in [9.17, 15) is 0 Å². The molecule has 1 nitrogen and oxygen atoms in total. The first-order valence-corrected chi connectivity index (χ1v) is 6.91. The van der Waals surface area contributed by atoms with Crippen LogP contribution in [0.1, 0.15) is 45.1 Å². The van der Waals surface area contributed by atoms with Gasteiger partial charge < -0.3 is 5.32 Å². The van der Waals surface area contributed by atoms with E-state index in [4.69, 9.17) is 0 Å². The van der Waals surface area contributed by atoms with Gasteiger partial charge in [0.25, 0.3) is 0 Å². The quantitative estimate of drug-likeness (QED) is 0.819. The van der Waals surface area contributed by atoms with Gasteiger partial charge in [-0.2, -0.15) is 0 Å². The second-order valence-corrected chi connectivity index (χ2v) is 5.52. The van der Waals surface area contributed by atoms with E-state index in [0.717, 1.165) is 6.54 Å². The molecule has 1 N–H and O–H groups in total. The molecule has 0 fully saturated rings. The molecule has 0 saturated carbocycles. The van der Waals surface area contributed by atoms with E-state index >= 15 is 0 Å². The molecule has 0 aliphatic carbocycles. The summed E-state index contributed by atoms with van der Waals surface area (Å²) in [6.07, 6.45) is 2.48. The highest BCUT2D eigenvalue weighted by Crippen LogP contribution is 2.23. The van der Waals surface area contributed by atoms with Gasteiger partial charge in [0.15, 0.2) is 0 Å². The molecule has 0 spiro atoms. The van der Waals surface area contributed by atoms with Gasteiger partial charge in [0.05, 0.1) is 0 Å². The summed E-state index contributed by atoms with van der Waals surface area (Å²) in [5.74, 6) is 0.630. The van der Waals surface area contributed by atoms with Gasteiger partial charge in [0, 0.05) is 17.1 Å². The maximum absolute atomic E-state index is 3.54. The zero-order valence-corrected chi connectivity index (χ0v) is 12.0. The summed E-state index contributed by atoms with van der Waals surface area (Å²) in [4.78, 5) is 0. The molecule has 1 rings (SSSR count). The summed E-state index contributed by atoms with van der Waals surface area (Å²) in [6.45, 7) is 7.72. The minimum Gasteiger partial charge on any atom is -0.314 e. The lowest BCUT2D eigenvalue weighted by Crippen LogP contribution is -2.28. The third-order valence-corrected chi connectivity index (χ3v) is 3.22. The van der Waals surface area contributed by atoms with Gasteiger partial charge in [0.1, 0.15) is 0 Å². The lowest BCUT2D eigenvalue weighted by atomic mass is 9.94. The van der Waals surface area contributed by atoms with Crippen LogP contribution in [0.3, 0.4) is 0 Å². The highest BCUT2D eigenvalue weighted by molar-refractivity contribution is 9.10. The minimum absolute atomic E-state index is 0.562. The molecule has 1 atom stereocenters. The van der Waals surface area contributed by atoms with E-state index in [1.54, 1.807) is 0 Å². The molecule has 90 valence electrons. The molecule has 0 heterocycles. The van der Waals surface area contributed by atoms with Crippen LogP contribution in [0.5, 0.6) is 0 Å². The topological polar surface area (TPSA) is 12.0 Å². The first-order chi connectivity index (χ1) is 7.63. The third-order valence-electron chi connectivity index (χ3n) is 2.73. The van der Waals surface area contributed by atoms with Gasteiger partial charge in [-0.05, 0) is 30.0 Å². The summed E-state index contributed by atoms with van der Waals surface area (Å²) < 4.78 is 1.18. The Kier molecular flexibility index (Phi) is 6.07. The molecule has 0 aliphatic heterocycles. The van der Waals surface area contributed by atoms with Crippen molar-refractivity contribution < 1.29 is 0 Å². The Bertz CT molecular complexity index is 309. The number of rotatable bonds is 6. The molecule has 0 amide bonds. The molecule has 0 saturated heterocycles. The molecule has 0 aliphatic rings. The van der Waals surface area contributed by atoms with E-state index in [1.807, 2.05) is 0 Å². The van der Waals surface area contributed by atoms with Crippen molar-refractivity contribution in [1.82, 2.24) is 5.32 Å². The Hall–Kier alpha value is -0.340. The summed E-state index contributed by atoms with van der Waals surface area (Å²) in [7, 11) is 0. The Balaban J connectivity index is 2.68. The molecule has 1 aromatic carbocycles. The fourth-order valence-electron chi connectivity index (χ4n) is 1.87. The van der Waals surface area contributed by atoms with Gasteiger partial charge in [-0.25, -0.2) is 0 Å². The Morgan fingerprint density at radius 1 is 1.31 bits per heavy atom. The minimum atomic E-state index is 0.562. The smallest absolute Gasteiger partial charge is 0.0178 e. The highest BCUT2D eigenvalue weighted by atomic mass is 79.9. The van der Waals surface area contributed by atoms with Crippen molar-refractivity contribution in [3.8, 4) is 0 Å². The first-order valence-electron chi connectivity index (χ1n) is 6.12. The Morgan fingerprint density at radius 3 is 2.62 bits per heavy atom. The van der Waals surface area contributed by atoms with Crippen LogP contribution in [0.25, 0.3) is 0 Å². The second kappa shape index (κ2) is 7.08. The van der Waals surface area contributed by atoms with E-state index in [0.29, 0.717) is 12.0 Å². The van der Waals surface area contributed by atoms with E-state index in [-0.39, 0.29) is 0 Å². The van der Waals surface area contributed by atoms with Gasteiger partial charge >= 0.3 is 0 Å². The average molecular weight is 284 g/mol. The lowest BCUT2D eigenvalue weighted by molar-refractivity contribution is 0.504. The molecule has 2 heteroatoms. The van der Waals surface area contributed by atoms with Crippen LogP contribution >= 0.6 is 15.9 Å². The highest BCUT2D eigenvalue weighted by Gasteiger charge is 2.11. The van der Waals surface area contributed by atoms with Crippen LogP contribution in [0.2, 0.25) is 0 Å². The van der Waals surface area contributed by atoms with Crippen LogP contribution in [-0.2, 0) is 0 Å². The summed E-state index contributed by atoms with van der Waals surface area (Å²) in [5, 5.41) is 3.53. The van der Waals surface area contributed by atoms with Crippen molar-refractivity contribution >= 4 is 15.9 Å². The van der Waals surface area contributed by atoms with Crippen molar-refractivity contribution in [1.29, 1.82) is 0 Å². The monoisotopic (exact) mass is 283 g/mol. The SMILES string of the molecule is CCCC(CNC(C)C)c1cccc(Br)c1. The molecular formula is C14H22BrN. The van der Waals surface area contributed by atoms with Gasteiger partial charge in [-0.3, -0.25) is 0 Å². The van der Waals surface area contributed by atoms with Crippen molar-refractivity contribution in [3.05, 3.63) is 34.3 Å². The molecule has 1 aromatic rings. The van der Waals surface area contributed by atoms with Crippen LogP contribution in [0, 0.1) is 0 Å². The first kappa shape index (κ1) is 13.7. The Morgan fingerprint density at radius 2 is 2.06 bits per heavy atom. The standard InChI is InChI=1S/C14H22BrN/c1-4-6-13(10-16-11(2)3)12-7-5-8-14(15)9-12/h5,7-9,11,13,16H,4,6,10H2,1-3H3. The van der Waals surface area contributed by atoms with E-state index < -0.39 is 0 Å². The van der Waals surface area contributed by atoms with Crippen LogP contribution in [0.15, 0.2) is 28.7 Å². The summed E-state index contributed by atoms with van der Waals surface area (Å²) in [5.41, 5.74) is 1.43. The number of benzene rings is 1. The predicted octanol–water partition coefficient (Wildman–Crippen LogP) is 4.33. The van der Waals surface area contributed by atoms with Crippen LogP contribution in [-0.4, -0.2) is 12.6 Å². The molecule has 0 bridgehead atoms. The summed E-state index contributed by atoms with van der Waals surface area (Å²) >= 11 is 3.54. The molecule has 16 heavy (non-hydrogen) atoms.